The molecule has 1 saturated carbocycles. The fourth-order valence-corrected chi connectivity index (χ4v) is 2.63. The summed E-state index contributed by atoms with van der Waals surface area (Å²) < 4.78 is 25.9. The van der Waals surface area contributed by atoms with Crippen LogP contribution in [0.15, 0.2) is 0 Å². The Bertz CT molecular complexity index is 285. The van der Waals surface area contributed by atoms with Gasteiger partial charge in [0.1, 0.15) is 0 Å². The Morgan fingerprint density at radius 1 is 1.39 bits per heavy atom. The molecule has 0 aromatic rings. The van der Waals surface area contributed by atoms with Crippen molar-refractivity contribution in [2.45, 2.75) is 51.9 Å². The van der Waals surface area contributed by atoms with Gasteiger partial charge in [0.25, 0.3) is 0 Å². The smallest absolute Gasteiger partial charge is 0.248 e. The van der Waals surface area contributed by atoms with Crippen LogP contribution in [0.1, 0.15) is 46.0 Å². The number of carbonyl (C=O) groups excluding carboxylic acids is 1. The topological polar surface area (TPSA) is 29.1 Å². The molecule has 1 N–H and O–H groups in total. The second-order valence-electron chi connectivity index (χ2n) is 5.95. The first-order valence-corrected chi connectivity index (χ1v) is 7.01. The largest absolute Gasteiger partial charge is 0.355 e. The number of amides is 1. The number of rotatable bonds is 5. The molecule has 0 saturated heterocycles. The summed E-state index contributed by atoms with van der Waals surface area (Å²) in [4.78, 5) is 11.9. The van der Waals surface area contributed by atoms with Crippen molar-refractivity contribution in [2.75, 3.05) is 12.4 Å². The second kappa shape index (κ2) is 6.18. The van der Waals surface area contributed by atoms with Gasteiger partial charge in [0, 0.05) is 31.2 Å². The molecule has 0 atom stereocenters. The average Bonchev–Trinajstić information content (AvgIpc) is 2.26. The van der Waals surface area contributed by atoms with Crippen LogP contribution < -0.4 is 5.32 Å². The highest BCUT2D eigenvalue weighted by Gasteiger charge is 2.37. The Morgan fingerprint density at radius 2 is 1.94 bits per heavy atom. The maximum Gasteiger partial charge on any atom is 0.248 e. The van der Waals surface area contributed by atoms with Crippen LogP contribution in [0, 0.1) is 11.3 Å². The van der Waals surface area contributed by atoms with Gasteiger partial charge < -0.3 is 5.32 Å². The number of halogens is 3. The van der Waals surface area contributed by atoms with E-state index < -0.39 is 5.92 Å². The molecule has 5 heteroatoms. The Kier molecular flexibility index (Phi) is 5.38. The second-order valence-corrected chi connectivity index (χ2v) is 6.33. The van der Waals surface area contributed by atoms with Gasteiger partial charge in [0.2, 0.25) is 11.8 Å². The number of nitrogens with one attached hydrogen (secondary N) is 1. The maximum absolute atomic E-state index is 13.0. The predicted molar refractivity (Wildman–Crippen MR) is 69.0 cm³/mol. The van der Waals surface area contributed by atoms with Gasteiger partial charge in [-0.25, -0.2) is 8.78 Å². The van der Waals surface area contributed by atoms with E-state index in [2.05, 4.69) is 5.32 Å². The summed E-state index contributed by atoms with van der Waals surface area (Å²) in [7, 11) is 0. The van der Waals surface area contributed by atoms with Crippen molar-refractivity contribution in [1.82, 2.24) is 5.32 Å². The molecular weight excluding hydrogens is 260 g/mol. The van der Waals surface area contributed by atoms with Gasteiger partial charge in [0.15, 0.2) is 0 Å². The highest BCUT2D eigenvalue weighted by Crippen LogP contribution is 2.36. The zero-order valence-electron chi connectivity index (χ0n) is 11.1. The van der Waals surface area contributed by atoms with Crippen LogP contribution in [0.5, 0.6) is 0 Å². The highest BCUT2D eigenvalue weighted by molar-refractivity contribution is 6.17. The van der Waals surface area contributed by atoms with Crippen molar-refractivity contribution in [1.29, 1.82) is 0 Å². The summed E-state index contributed by atoms with van der Waals surface area (Å²) in [6.07, 6.45) is 1.05. The summed E-state index contributed by atoms with van der Waals surface area (Å²) in [5, 5.41) is 2.86. The minimum absolute atomic E-state index is 0.0456. The van der Waals surface area contributed by atoms with E-state index in [1.807, 2.05) is 13.8 Å². The fourth-order valence-electron chi connectivity index (χ4n) is 2.12. The molecule has 0 aliphatic heterocycles. The molecule has 1 amide bonds. The lowest BCUT2D eigenvalue weighted by Gasteiger charge is -2.29. The van der Waals surface area contributed by atoms with E-state index in [1.54, 1.807) is 0 Å². The molecular formula is C13H22ClF2NO. The summed E-state index contributed by atoms with van der Waals surface area (Å²) in [6, 6.07) is 0. The Balaban J connectivity index is 2.34. The van der Waals surface area contributed by atoms with E-state index in [9.17, 15) is 13.6 Å². The molecule has 106 valence electrons. The normalized spacial score (nSPS) is 20.7. The summed E-state index contributed by atoms with van der Waals surface area (Å²) in [5.74, 6) is -2.36. The average molecular weight is 282 g/mol. The molecule has 2 nitrogen and oxygen atoms in total. The van der Waals surface area contributed by atoms with E-state index >= 15 is 0 Å². The van der Waals surface area contributed by atoms with Gasteiger partial charge in [-0.1, -0.05) is 13.8 Å². The van der Waals surface area contributed by atoms with Crippen molar-refractivity contribution in [3.05, 3.63) is 0 Å². The molecule has 0 heterocycles. The first-order valence-electron chi connectivity index (χ1n) is 6.47. The van der Waals surface area contributed by atoms with Crippen LogP contribution >= 0.6 is 11.6 Å². The van der Waals surface area contributed by atoms with Gasteiger partial charge in [-0.15, -0.1) is 11.6 Å². The molecule has 0 radical (unpaired) electrons. The van der Waals surface area contributed by atoms with Crippen molar-refractivity contribution >= 4 is 17.5 Å². The maximum atomic E-state index is 13.0. The third kappa shape index (κ3) is 5.09. The quantitative estimate of drug-likeness (QED) is 0.767. The fraction of sp³-hybridized carbons (Fsp3) is 0.923. The highest BCUT2D eigenvalue weighted by atomic mass is 35.5. The van der Waals surface area contributed by atoms with Crippen LogP contribution in [-0.4, -0.2) is 24.3 Å². The zero-order chi connectivity index (χ0) is 13.8. The lowest BCUT2D eigenvalue weighted by molar-refractivity contribution is -0.129. The summed E-state index contributed by atoms with van der Waals surface area (Å²) >= 11 is 5.69. The van der Waals surface area contributed by atoms with E-state index in [0.717, 1.165) is 6.42 Å². The minimum Gasteiger partial charge on any atom is -0.355 e. The summed E-state index contributed by atoms with van der Waals surface area (Å²) in [5.41, 5.74) is -0.0456. The van der Waals surface area contributed by atoms with E-state index in [0.29, 0.717) is 12.4 Å². The summed E-state index contributed by atoms with van der Waals surface area (Å²) in [6.45, 7) is 4.61. The van der Waals surface area contributed by atoms with E-state index in [-0.39, 0.29) is 42.9 Å². The Morgan fingerprint density at radius 3 is 2.44 bits per heavy atom. The number of alkyl halides is 3. The predicted octanol–water partition coefficient (Wildman–Crippen LogP) is 3.58. The Labute approximate surface area is 112 Å². The van der Waals surface area contributed by atoms with Crippen molar-refractivity contribution in [3.8, 4) is 0 Å². The van der Waals surface area contributed by atoms with Crippen LogP contribution in [0.3, 0.4) is 0 Å². The molecule has 0 bridgehead atoms. The zero-order valence-corrected chi connectivity index (χ0v) is 11.8. The van der Waals surface area contributed by atoms with Gasteiger partial charge >= 0.3 is 0 Å². The molecule has 1 rings (SSSR count). The molecule has 0 aromatic carbocycles. The lowest BCUT2D eigenvalue weighted by atomic mass is 9.85. The lowest BCUT2D eigenvalue weighted by Crippen LogP contribution is -2.40. The molecule has 0 unspecified atom stereocenters. The monoisotopic (exact) mass is 281 g/mol. The SMILES string of the molecule is CC(C)(CCCl)CNC(=O)C1CCC(F)(F)CC1. The number of carbonyl (C=O) groups is 1. The first kappa shape index (κ1) is 15.7. The minimum atomic E-state index is -2.57. The third-order valence-corrected chi connectivity index (χ3v) is 3.79. The van der Waals surface area contributed by atoms with Gasteiger partial charge in [0.05, 0.1) is 0 Å². The molecule has 18 heavy (non-hydrogen) atoms. The molecule has 1 aliphatic carbocycles. The van der Waals surface area contributed by atoms with Gasteiger partial charge in [-0.05, 0) is 24.7 Å². The van der Waals surface area contributed by atoms with Gasteiger partial charge in [-0.3, -0.25) is 4.79 Å². The number of hydrogen-bond acceptors (Lipinski definition) is 1. The van der Waals surface area contributed by atoms with Crippen molar-refractivity contribution < 1.29 is 13.6 Å². The third-order valence-electron chi connectivity index (χ3n) is 3.60. The molecule has 1 fully saturated rings. The molecule has 1 aliphatic rings. The standard InChI is InChI=1S/C13H22ClF2NO/c1-12(2,7-8-14)9-17-11(18)10-3-5-13(15,16)6-4-10/h10H,3-9H2,1-2H3,(H,17,18). The van der Waals surface area contributed by atoms with Crippen LogP contribution in [-0.2, 0) is 4.79 Å². The van der Waals surface area contributed by atoms with Crippen LogP contribution in [0.4, 0.5) is 8.78 Å². The van der Waals surface area contributed by atoms with Crippen LogP contribution in [0.2, 0.25) is 0 Å². The Hall–Kier alpha value is -0.380. The van der Waals surface area contributed by atoms with Crippen LogP contribution in [0.25, 0.3) is 0 Å². The van der Waals surface area contributed by atoms with Crippen molar-refractivity contribution in [3.63, 3.8) is 0 Å². The molecule has 0 spiro atoms. The van der Waals surface area contributed by atoms with Crippen molar-refractivity contribution in [2.24, 2.45) is 11.3 Å². The van der Waals surface area contributed by atoms with E-state index in [1.165, 1.54) is 0 Å². The van der Waals surface area contributed by atoms with E-state index in [4.69, 9.17) is 11.6 Å². The molecule has 0 aromatic heterocycles. The first-order chi connectivity index (χ1) is 8.26. The van der Waals surface area contributed by atoms with Gasteiger partial charge in [-0.2, -0.15) is 0 Å². The number of hydrogen-bond donors (Lipinski definition) is 1.